The van der Waals surface area contributed by atoms with Crippen molar-refractivity contribution in [2.24, 2.45) is 0 Å². The van der Waals surface area contributed by atoms with Gasteiger partial charge in [0.1, 0.15) is 0 Å². The van der Waals surface area contributed by atoms with E-state index in [1.807, 2.05) is 36.0 Å². The van der Waals surface area contributed by atoms with Crippen LogP contribution in [0.3, 0.4) is 0 Å². The molecule has 0 unspecified atom stereocenters. The van der Waals surface area contributed by atoms with Gasteiger partial charge in [0, 0.05) is 15.7 Å². The molecule has 0 aliphatic rings. The number of halogens is 1. The molecule has 3 heteroatoms. The maximum absolute atomic E-state index is 6.54. The molecule has 172 valence electrons. The zero-order chi connectivity index (χ0) is 23.6. The van der Waals surface area contributed by atoms with Crippen LogP contribution in [0.5, 0.6) is 0 Å². The first-order valence-corrected chi connectivity index (χ1v) is 13.0. The molecular weight excluding hydrogens is 456 g/mol. The van der Waals surface area contributed by atoms with E-state index >= 15 is 0 Å². The molecule has 1 nitrogen and oxygen atoms in total. The summed E-state index contributed by atoms with van der Waals surface area (Å²) in [5.74, 6) is 0.929. The standard InChI is InChI=1S/C31H29ClOS/c1-2-9-31(32)27-16-19-29(30(22-27)25-12-7-4-8-13-25)26-14-17-28(18-15-26)34-21-20-33-23-24-10-5-3-6-11-24/h3-19,22H,2,20-21,23H2,1H3. The lowest BCUT2D eigenvalue weighted by atomic mass is 9.92. The molecule has 4 aromatic rings. The van der Waals surface area contributed by atoms with E-state index < -0.39 is 0 Å². The summed E-state index contributed by atoms with van der Waals surface area (Å²) >= 11 is 8.36. The molecule has 0 spiro atoms. The third-order valence-electron chi connectivity index (χ3n) is 5.54. The Hall–Kier alpha value is -2.78. The third-order valence-corrected chi connectivity index (χ3v) is 6.89. The van der Waals surface area contributed by atoms with Gasteiger partial charge in [-0.2, -0.15) is 0 Å². The molecule has 4 rings (SSSR count). The van der Waals surface area contributed by atoms with Crippen LogP contribution in [-0.4, -0.2) is 12.4 Å². The molecule has 4 aromatic carbocycles. The molecule has 0 atom stereocenters. The van der Waals surface area contributed by atoms with Crippen LogP contribution in [0, 0.1) is 0 Å². The molecule has 0 saturated carbocycles. The van der Waals surface area contributed by atoms with E-state index in [2.05, 4.69) is 91.9 Å². The smallest absolute Gasteiger partial charge is 0.0717 e. The van der Waals surface area contributed by atoms with Crippen molar-refractivity contribution >= 4 is 28.4 Å². The maximum atomic E-state index is 6.54. The average Bonchev–Trinajstić information content (AvgIpc) is 2.90. The number of rotatable bonds is 10. The molecule has 0 amide bonds. The van der Waals surface area contributed by atoms with E-state index in [4.69, 9.17) is 16.3 Å². The zero-order valence-electron chi connectivity index (χ0n) is 19.4. The normalized spacial score (nSPS) is 11.5. The number of hydrogen-bond acceptors (Lipinski definition) is 2. The van der Waals surface area contributed by atoms with Gasteiger partial charge in [0.2, 0.25) is 0 Å². The van der Waals surface area contributed by atoms with Gasteiger partial charge in [-0.1, -0.05) is 110 Å². The fourth-order valence-electron chi connectivity index (χ4n) is 3.81. The highest BCUT2D eigenvalue weighted by Gasteiger charge is 2.10. The van der Waals surface area contributed by atoms with Crippen LogP contribution >= 0.6 is 23.4 Å². The molecule has 0 aliphatic carbocycles. The van der Waals surface area contributed by atoms with Crippen molar-refractivity contribution in [3.63, 3.8) is 0 Å². The van der Waals surface area contributed by atoms with Gasteiger partial charge >= 0.3 is 0 Å². The Balaban J connectivity index is 1.45. The highest BCUT2D eigenvalue weighted by molar-refractivity contribution is 7.99. The van der Waals surface area contributed by atoms with E-state index in [9.17, 15) is 0 Å². The first-order valence-electron chi connectivity index (χ1n) is 11.6. The van der Waals surface area contributed by atoms with Crippen LogP contribution in [0.25, 0.3) is 27.3 Å². The molecule has 0 fully saturated rings. The van der Waals surface area contributed by atoms with Crippen molar-refractivity contribution in [1.82, 2.24) is 0 Å². The molecular formula is C31H29ClOS. The second-order valence-electron chi connectivity index (χ2n) is 8.00. The van der Waals surface area contributed by atoms with Crippen molar-refractivity contribution in [3.8, 4) is 22.3 Å². The average molecular weight is 485 g/mol. The lowest BCUT2D eigenvalue weighted by Crippen LogP contribution is -1.97. The Bertz CT molecular complexity index is 1200. The summed E-state index contributed by atoms with van der Waals surface area (Å²) in [5, 5.41) is 0.799. The second kappa shape index (κ2) is 12.6. The van der Waals surface area contributed by atoms with Gasteiger partial charge in [0.05, 0.1) is 13.2 Å². The number of ether oxygens (including phenoxy) is 1. The van der Waals surface area contributed by atoms with Crippen LogP contribution < -0.4 is 0 Å². The fraction of sp³-hybridized carbons (Fsp3) is 0.161. The van der Waals surface area contributed by atoms with Gasteiger partial charge < -0.3 is 4.74 Å². The summed E-state index contributed by atoms with van der Waals surface area (Å²) < 4.78 is 5.81. The maximum Gasteiger partial charge on any atom is 0.0717 e. The van der Waals surface area contributed by atoms with Crippen LogP contribution in [0.2, 0.25) is 0 Å². The van der Waals surface area contributed by atoms with Gasteiger partial charge in [0.15, 0.2) is 0 Å². The Morgan fingerprint density at radius 1 is 0.794 bits per heavy atom. The van der Waals surface area contributed by atoms with Gasteiger partial charge in [0.25, 0.3) is 0 Å². The van der Waals surface area contributed by atoms with Crippen molar-refractivity contribution in [2.75, 3.05) is 12.4 Å². The molecule has 0 saturated heterocycles. The third kappa shape index (κ3) is 6.64. The highest BCUT2D eigenvalue weighted by atomic mass is 35.5. The predicted molar refractivity (Wildman–Crippen MR) is 148 cm³/mol. The zero-order valence-corrected chi connectivity index (χ0v) is 21.0. The van der Waals surface area contributed by atoms with Crippen molar-refractivity contribution in [1.29, 1.82) is 0 Å². The molecule has 0 heterocycles. The fourth-order valence-corrected chi connectivity index (χ4v) is 4.85. The van der Waals surface area contributed by atoms with Crippen molar-refractivity contribution < 1.29 is 4.74 Å². The van der Waals surface area contributed by atoms with E-state index in [1.165, 1.54) is 32.7 Å². The van der Waals surface area contributed by atoms with Gasteiger partial charge in [-0.25, -0.2) is 0 Å². The van der Waals surface area contributed by atoms with E-state index in [1.54, 1.807) is 0 Å². The Morgan fingerprint density at radius 2 is 1.47 bits per heavy atom. The largest absolute Gasteiger partial charge is 0.376 e. The lowest BCUT2D eigenvalue weighted by molar-refractivity contribution is 0.136. The predicted octanol–water partition coefficient (Wildman–Crippen LogP) is 9.32. The molecule has 0 aromatic heterocycles. The van der Waals surface area contributed by atoms with E-state index in [0.29, 0.717) is 6.61 Å². The minimum Gasteiger partial charge on any atom is -0.376 e. The molecule has 0 radical (unpaired) electrons. The van der Waals surface area contributed by atoms with Crippen molar-refractivity contribution in [3.05, 3.63) is 120 Å². The summed E-state index contributed by atoms with van der Waals surface area (Å²) in [6.07, 6.45) is 2.97. The summed E-state index contributed by atoms with van der Waals surface area (Å²) in [5.41, 5.74) is 7.05. The monoisotopic (exact) mass is 484 g/mol. The topological polar surface area (TPSA) is 9.23 Å². The van der Waals surface area contributed by atoms with Gasteiger partial charge in [-0.15, -0.1) is 11.8 Å². The molecule has 0 aliphatic heterocycles. The Labute approximate surface area is 212 Å². The molecule has 0 N–H and O–H groups in total. The first kappa shape index (κ1) is 24.3. The number of benzene rings is 4. The molecule has 0 bridgehead atoms. The van der Waals surface area contributed by atoms with E-state index in [-0.39, 0.29) is 0 Å². The summed E-state index contributed by atoms with van der Waals surface area (Å²) in [6, 6.07) is 36.1. The number of thioether (sulfide) groups is 1. The summed E-state index contributed by atoms with van der Waals surface area (Å²) in [6.45, 7) is 3.49. The van der Waals surface area contributed by atoms with Gasteiger partial charge in [-0.3, -0.25) is 0 Å². The van der Waals surface area contributed by atoms with Crippen LogP contribution in [0.4, 0.5) is 0 Å². The number of hydrogen-bond donors (Lipinski definition) is 0. The van der Waals surface area contributed by atoms with Crippen LogP contribution in [-0.2, 0) is 11.3 Å². The quantitative estimate of drug-likeness (QED) is 0.164. The van der Waals surface area contributed by atoms with Gasteiger partial charge in [-0.05, 0) is 58.0 Å². The minimum atomic E-state index is 0.663. The Morgan fingerprint density at radius 3 is 2.18 bits per heavy atom. The summed E-state index contributed by atoms with van der Waals surface area (Å²) in [7, 11) is 0. The van der Waals surface area contributed by atoms with Crippen LogP contribution in [0.15, 0.2) is 114 Å². The van der Waals surface area contributed by atoms with Crippen LogP contribution in [0.1, 0.15) is 24.5 Å². The SMILES string of the molecule is CCC=C(Cl)c1ccc(-c2ccc(SCCOCc3ccccc3)cc2)c(-c2ccccc2)c1. The molecule has 34 heavy (non-hydrogen) atoms. The Kier molecular flexibility index (Phi) is 9.04. The van der Waals surface area contributed by atoms with Crippen molar-refractivity contribution in [2.45, 2.75) is 24.8 Å². The minimum absolute atomic E-state index is 0.663. The lowest BCUT2D eigenvalue weighted by Gasteiger charge is -2.13. The summed E-state index contributed by atoms with van der Waals surface area (Å²) in [4.78, 5) is 1.25. The first-order chi connectivity index (χ1) is 16.7. The van der Waals surface area contributed by atoms with E-state index in [0.717, 1.165) is 29.4 Å². The second-order valence-corrected chi connectivity index (χ2v) is 9.57. The number of allylic oxidation sites excluding steroid dienone is 1. The highest BCUT2D eigenvalue weighted by Crippen LogP contribution is 2.36.